The molecule has 0 radical (unpaired) electrons. The van der Waals surface area contributed by atoms with Crippen molar-refractivity contribution < 1.29 is 4.74 Å². The van der Waals surface area contributed by atoms with Crippen molar-refractivity contribution in [1.82, 2.24) is 5.32 Å². The van der Waals surface area contributed by atoms with Crippen LogP contribution in [-0.4, -0.2) is 18.2 Å². The van der Waals surface area contributed by atoms with Crippen LogP contribution in [0.25, 0.3) is 0 Å². The maximum absolute atomic E-state index is 5.46. The number of rotatable bonds is 3. The van der Waals surface area contributed by atoms with Gasteiger partial charge in [0, 0.05) is 12.1 Å². The standard InChI is InChI=1S/C10H17NO/c1-10(5-6-10)11-8-9-4-2-3-7-12-9/h3,7,9,11H,2,4-6,8H2,1H3. The minimum absolute atomic E-state index is 0.410. The molecule has 1 aliphatic heterocycles. The van der Waals surface area contributed by atoms with Crippen molar-refractivity contribution in [1.29, 1.82) is 0 Å². The van der Waals surface area contributed by atoms with Gasteiger partial charge in [-0.2, -0.15) is 0 Å². The number of allylic oxidation sites excluding steroid dienone is 1. The van der Waals surface area contributed by atoms with Crippen molar-refractivity contribution in [2.45, 2.75) is 44.2 Å². The highest BCUT2D eigenvalue weighted by Gasteiger charge is 2.37. The Balaban J connectivity index is 1.69. The highest BCUT2D eigenvalue weighted by Crippen LogP contribution is 2.34. The van der Waals surface area contributed by atoms with Crippen molar-refractivity contribution in [3.8, 4) is 0 Å². The Morgan fingerprint density at radius 1 is 1.58 bits per heavy atom. The summed E-state index contributed by atoms with van der Waals surface area (Å²) in [6, 6.07) is 0. The van der Waals surface area contributed by atoms with E-state index in [9.17, 15) is 0 Å². The first-order valence-corrected chi connectivity index (χ1v) is 4.84. The summed E-state index contributed by atoms with van der Waals surface area (Å²) in [7, 11) is 0. The normalized spacial score (nSPS) is 31.2. The second kappa shape index (κ2) is 3.09. The first kappa shape index (κ1) is 8.11. The van der Waals surface area contributed by atoms with Crippen molar-refractivity contribution >= 4 is 0 Å². The topological polar surface area (TPSA) is 21.3 Å². The summed E-state index contributed by atoms with van der Waals surface area (Å²) >= 11 is 0. The van der Waals surface area contributed by atoms with Crippen LogP contribution in [0, 0.1) is 0 Å². The van der Waals surface area contributed by atoms with Crippen LogP contribution in [0.5, 0.6) is 0 Å². The summed E-state index contributed by atoms with van der Waals surface area (Å²) in [5.41, 5.74) is 0.449. The van der Waals surface area contributed by atoms with Crippen LogP contribution >= 0.6 is 0 Å². The summed E-state index contributed by atoms with van der Waals surface area (Å²) in [4.78, 5) is 0. The zero-order valence-electron chi connectivity index (χ0n) is 7.68. The van der Waals surface area contributed by atoms with Gasteiger partial charge in [-0.25, -0.2) is 0 Å². The van der Waals surface area contributed by atoms with Crippen molar-refractivity contribution in [3.63, 3.8) is 0 Å². The lowest BCUT2D eigenvalue weighted by atomic mass is 10.1. The van der Waals surface area contributed by atoms with Crippen molar-refractivity contribution in [3.05, 3.63) is 12.3 Å². The summed E-state index contributed by atoms with van der Waals surface area (Å²) in [6.45, 7) is 3.30. The molecule has 0 amide bonds. The lowest BCUT2D eigenvalue weighted by Crippen LogP contribution is -2.36. The Bertz CT molecular complexity index is 184. The van der Waals surface area contributed by atoms with Gasteiger partial charge in [0.15, 0.2) is 0 Å². The van der Waals surface area contributed by atoms with Gasteiger partial charge in [-0.05, 0) is 38.7 Å². The van der Waals surface area contributed by atoms with Gasteiger partial charge in [0.1, 0.15) is 6.10 Å². The van der Waals surface area contributed by atoms with Gasteiger partial charge in [-0.1, -0.05) is 0 Å². The fourth-order valence-electron chi connectivity index (χ4n) is 1.46. The molecule has 1 heterocycles. The van der Waals surface area contributed by atoms with E-state index in [1.54, 1.807) is 0 Å². The van der Waals surface area contributed by atoms with Gasteiger partial charge in [-0.15, -0.1) is 0 Å². The van der Waals surface area contributed by atoms with E-state index >= 15 is 0 Å². The minimum atomic E-state index is 0.410. The molecule has 0 spiro atoms. The average Bonchev–Trinajstić information content (AvgIpc) is 2.84. The van der Waals surface area contributed by atoms with Crippen LogP contribution in [0.1, 0.15) is 32.6 Å². The molecule has 1 fully saturated rings. The number of hydrogen-bond acceptors (Lipinski definition) is 2. The molecule has 0 saturated heterocycles. The molecule has 1 atom stereocenters. The van der Waals surface area contributed by atoms with E-state index in [2.05, 4.69) is 18.3 Å². The third-order valence-electron chi connectivity index (χ3n) is 2.78. The maximum Gasteiger partial charge on any atom is 0.110 e. The van der Waals surface area contributed by atoms with E-state index in [0.29, 0.717) is 11.6 Å². The summed E-state index contributed by atoms with van der Waals surface area (Å²) in [6.07, 6.45) is 9.33. The van der Waals surface area contributed by atoms with Gasteiger partial charge < -0.3 is 10.1 Å². The van der Waals surface area contributed by atoms with Gasteiger partial charge >= 0.3 is 0 Å². The third kappa shape index (κ3) is 2.01. The zero-order chi connectivity index (χ0) is 8.44. The van der Waals surface area contributed by atoms with E-state index in [4.69, 9.17) is 4.74 Å². The van der Waals surface area contributed by atoms with Gasteiger partial charge in [0.25, 0.3) is 0 Å². The van der Waals surface area contributed by atoms with Crippen LogP contribution in [0.15, 0.2) is 12.3 Å². The summed E-state index contributed by atoms with van der Waals surface area (Å²) in [5, 5.41) is 3.54. The molecule has 0 aromatic heterocycles. The second-order valence-corrected chi connectivity index (χ2v) is 4.15. The van der Waals surface area contributed by atoms with Crippen molar-refractivity contribution in [2.75, 3.05) is 6.54 Å². The van der Waals surface area contributed by atoms with Crippen LogP contribution in [0.2, 0.25) is 0 Å². The second-order valence-electron chi connectivity index (χ2n) is 4.15. The summed E-state index contributed by atoms with van der Waals surface area (Å²) < 4.78 is 5.46. The molecule has 12 heavy (non-hydrogen) atoms. The number of ether oxygens (including phenoxy) is 1. The van der Waals surface area contributed by atoms with Crippen LogP contribution < -0.4 is 5.32 Å². The van der Waals surface area contributed by atoms with Crippen LogP contribution in [0.4, 0.5) is 0 Å². The smallest absolute Gasteiger partial charge is 0.110 e. The highest BCUT2D eigenvalue weighted by atomic mass is 16.5. The van der Waals surface area contributed by atoms with Crippen LogP contribution in [0.3, 0.4) is 0 Å². The fourth-order valence-corrected chi connectivity index (χ4v) is 1.46. The van der Waals surface area contributed by atoms with E-state index < -0.39 is 0 Å². The number of nitrogens with one attached hydrogen (secondary N) is 1. The third-order valence-corrected chi connectivity index (χ3v) is 2.78. The average molecular weight is 167 g/mol. The highest BCUT2D eigenvalue weighted by molar-refractivity contribution is 4.98. The molecule has 1 saturated carbocycles. The molecule has 1 unspecified atom stereocenters. The largest absolute Gasteiger partial charge is 0.497 e. The van der Waals surface area contributed by atoms with E-state index in [0.717, 1.165) is 6.54 Å². The SMILES string of the molecule is CC1(NCC2CCC=CO2)CC1. The molecule has 2 nitrogen and oxygen atoms in total. The molecule has 0 aromatic rings. The molecule has 2 heteroatoms. The van der Waals surface area contributed by atoms with Crippen LogP contribution in [-0.2, 0) is 4.74 Å². The molecule has 0 aromatic carbocycles. The Kier molecular flexibility index (Phi) is 2.09. The predicted octanol–water partition coefficient (Wildman–Crippen LogP) is 1.82. The zero-order valence-corrected chi connectivity index (χ0v) is 7.68. The minimum Gasteiger partial charge on any atom is -0.497 e. The summed E-state index contributed by atoms with van der Waals surface area (Å²) in [5.74, 6) is 0. The van der Waals surface area contributed by atoms with Gasteiger partial charge in [0.2, 0.25) is 0 Å². The van der Waals surface area contributed by atoms with Gasteiger partial charge in [-0.3, -0.25) is 0 Å². The lowest BCUT2D eigenvalue weighted by Gasteiger charge is -2.21. The lowest BCUT2D eigenvalue weighted by molar-refractivity contribution is 0.119. The van der Waals surface area contributed by atoms with Gasteiger partial charge in [0.05, 0.1) is 6.26 Å². The fraction of sp³-hybridized carbons (Fsp3) is 0.800. The van der Waals surface area contributed by atoms with E-state index in [1.807, 2.05) is 6.26 Å². The Labute approximate surface area is 74.0 Å². The molecule has 1 N–H and O–H groups in total. The first-order valence-electron chi connectivity index (χ1n) is 4.84. The Morgan fingerprint density at radius 2 is 2.42 bits per heavy atom. The predicted molar refractivity (Wildman–Crippen MR) is 48.9 cm³/mol. The molecule has 1 aliphatic carbocycles. The quantitative estimate of drug-likeness (QED) is 0.692. The molecule has 2 aliphatic rings. The Morgan fingerprint density at radius 3 is 3.00 bits per heavy atom. The van der Waals surface area contributed by atoms with E-state index in [-0.39, 0.29) is 0 Å². The maximum atomic E-state index is 5.46. The molecule has 68 valence electrons. The Hall–Kier alpha value is -0.500. The first-order chi connectivity index (χ1) is 5.79. The molecular formula is C10H17NO. The van der Waals surface area contributed by atoms with E-state index in [1.165, 1.54) is 25.7 Å². The monoisotopic (exact) mass is 167 g/mol. The molecular weight excluding hydrogens is 150 g/mol. The number of hydrogen-bond donors (Lipinski definition) is 1. The molecule has 0 bridgehead atoms. The van der Waals surface area contributed by atoms with Crippen molar-refractivity contribution in [2.24, 2.45) is 0 Å². The molecule has 2 rings (SSSR count).